The summed E-state index contributed by atoms with van der Waals surface area (Å²) in [6.45, 7) is 6.00. The van der Waals surface area contributed by atoms with Gasteiger partial charge < -0.3 is 11.1 Å². The minimum absolute atomic E-state index is 0.166. The molecule has 0 bridgehead atoms. The van der Waals surface area contributed by atoms with Crippen molar-refractivity contribution >= 4 is 17.5 Å². The monoisotopic (exact) mass is 431 g/mol. The van der Waals surface area contributed by atoms with Crippen molar-refractivity contribution in [2.45, 2.75) is 45.8 Å². The molecule has 1 unspecified atom stereocenters. The number of hydrogen-bond acceptors (Lipinski definition) is 4. The molecule has 2 amide bonds. The number of carbonyl (C=O) groups excluding carboxylic acids is 2. The average molecular weight is 432 g/mol. The van der Waals surface area contributed by atoms with Gasteiger partial charge in [-0.25, -0.2) is 0 Å². The van der Waals surface area contributed by atoms with E-state index in [4.69, 9.17) is 5.73 Å². The normalized spacial score (nSPS) is 16.2. The van der Waals surface area contributed by atoms with Gasteiger partial charge in [-0.15, -0.1) is 0 Å². The highest BCUT2D eigenvalue weighted by Gasteiger charge is 2.29. The van der Waals surface area contributed by atoms with Crippen LogP contribution in [0.3, 0.4) is 0 Å². The van der Waals surface area contributed by atoms with Gasteiger partial charge in [-0.05, 0) is 68.6 Å². The molecular weight excluding hydrogens is 402 g/mol. The highest BCUT2D eigenvalue weighted by Crippen LogP contribution is 2.24. The van der Waals surface area contributed by atoms with Crippen molar-refractivity contribution in [1.82, 2.24) is 14.7 Å². The lowest BCUT2D eigenvalue weighted by Crippen LogP contribution is -2.39. The molecule has 4 rings (SSSR count). The van der Waals surface area contributed by atoms with Gasteiger partial charge in [-0.2, -0.15) is 5.10 Å². The molecule has 166 valence electrons. The van der Waals surface area contributed by atoms with Gasteiger partial charge in [-0.3, -0.25) is 19.2 Å². The molecule has 3 N–H and O–H groups in total. The fraction of sp³-hybridized carbons (Fsp3) is 0.320. The Labute approximate surface area is 188 Å². The lowest BCUT2D eigenvalue weighted by atomic mass is 10.1. The molecule has 1 aromatic heterocycles. The van der Waals surface area contributed by atoms with Crippen LogP contribution in [0.5, 0.6) is 0 Å². The molecular formula is C25H29N5O2. The minimum atomic E-state index is -0.288. The lowest BCUT2D eigenvalue weighted by Gasteiger charge is -2.23. The Bertz CT molecular complexity index is 1140. The number of hydrogen-bond donors (Lipinski definition) is 2. The van der Waals surface area contributed by atoms with Gasteiger partial charge >= 0.3 is 0 Å². The molecule has 1 aliphatic heterocycles. The number of carbonyl (C=O) groups is 2. The number of nitrogens with one attached hydrogen (secondary N) is 1. The highest BCUT2D eigenvalue weighted by molar-refractivity contribution is 6.04. The second-order valence-corrected chi connectivity index (χ2v) is 8.43. The summed E-state index contributed by atoms with van der Waals surface area (Å²) in [6.07, 6.45) is 1.73. The molecule has 1 saturated heterocycles. The topological polar surface area (TPSA) is 93.3 Å². The quantitative estimate of drug-likeness (QED) is 0.601. The Hall–Kier alpha value is -3.45. The third-order valence-electron chi connectivity index (χ3n) is 5.96. The van der Waals surface area contributed by atoms with E-state index in [2.05, 4.69) is 15.3 Å². The Morgan fingerprint density at radius 1 is 1.09 bits per heavy atom. The number of nitrogens with zero attached hydrogens (tertiary/aromatic N) is 3. The van der Waals surface area contributed by atoms with E-state index in [-0.39, 0.29) is 17.9 Å². The molecule has 1 aliphatic rings. The summed E-state index contributed by atoms with van der Waals surface area (Å²) < 4.78 is 1.94. The smallest absolute Gasteiger partial charge is 0.255 e. The predicted octanol–water partition coefficient (Wildman–Crippen LogP) is 3.25. The molecule has 2 heterocycles. The summed E-state index contributed by atoms with van der Waals surface area (Å²) in [7, 11) is 0. The van der Waals surface area contributed by atoms with Crippen LogP contribution in [-0.4, -0.2) is 39.1 Å². The molecule has 7 heteroatoms. The van der Waals surface area contributed by atoms with E-state index >= 15 is 0 Å². The number of amides is 2. The van der Waals surface area contributed by atoms with E-state index < -0.39 is 0 Å². The Balaban J connectivity index is 1.49. The number of likely N-dealkylation sites (tertiary alicyclic amines) is 1. The maximum Gasteiger partial charge on any atom is 0.255 e. The standard InChI is InChI=1S/C25H29N5O2/c1-17-13-18(2)30(28-17)15-19-7-5-9-20(14-19)25(32)27-22-10-4-3-8-21(22)16-29-12-6-11-23(29)24(26)31/h3-5,7-10,13-14,23H,6,11-12,15-16H2,1-2H3,(H2,26,31)(H,27,32). The van der Waals surface area contributed by atoms with Crippen molar-refractivity contribution in [1.29, 1.82) is 0 Å². The molecule has 3 aromatic rings. The van der Waals surface area contributed by atoms with Crippen LogP contribution >= 0.6 is 0 Å². The van der Waals surface area contributed by atoms with Crippen LogP contribution in [-0.2, 0) is 17.9 Å². The van der Waals surface area contributed by atoms with E-state index in [1.165, 1.54) is 0 Å². The van der Waals surface area contributed by atoms with Gasteiger partial charge in [0.05, 0.1) is 18.3 Å². The summed E-state index contributed by atoms with van der Waals surface area (Å²) in [6, 6.07) is 17.1. The summed E-state index contributed by atoms with van der Waals surface area (Å²) in [5, 5.41) is 7.55. The summed E-state index contributed by atoms with van der Waals surface area (Å²) >= 11 is 0. The summed E-state index contributed by atoms with van der Waals surface area (Å²) in [5.74, 6) is -0.455. The molecule has 1 fully saturated rings. The molecule has 0 radical (unpaired) electrons. The highest BCUT2D eigenvalue weighted by atomic mass is 16.2. The lowest BCUT2D eigenvalue weighted by molar-refractivity contribution is -0.122. The average Bonchev–Trinajstić information content (AvgIpc) is 3.35. The number of aromatic nitrogens is 2. The Morgan fingerprint density at radius 3 is 2.66 bits per heavy atom. The number of anilines is 1. The van der Waals surface area contributed by atoms with Crippen molar-refractivity contribution in [3.05, 3.63) is 82.7 Å². The minimum Gasteiger partial charge on any atom is -0.368 e. The van der Waals surface area contributed by atoms with Gasteiger partial charge in [0, 0.05) is 23.5 Å². The first-order valence-corrected chi connectivity index (χ1v) is 10.9. The largest absolute Gasteiger partial charge is 0.368 e. The molecule has 7 nitrogen and oxygen atoms in total. The van der Waals surface area contributed by atoms with E-state index in [0.29, 0.717) is 18.7 Å². The number of rotatable bonds is 7. The zero-order chi connectivity index (χ0) is 22.7. The number of nitrogens with two attached hydrogens (primary N) is 1. The first-order chi connectivity index (χ1) is 15.4. The van der Waals surface area contributed by atoms with Crippen molar-refractivity contribution in [3.63, 3.8) is 0 Å². The van der Waals surface area contributed by atoms with Crippen molar-refractivity contribution in [2.75, 3.05) is 11.9 Å². The number of primary amides is 1. The van der Waals surface area contributed by atoms with Gasteiger partial charge in [0.1, 0.15) is 0 Å². The van der Waals surface area contributed by atoms with E-state index in [1.54, 1.807) is 0 Å². The van der Waals surface area contributed by atoms with Crippen LogP contribution in [0.1, 0.15) is 45.7 Å². The van der Waals surface area contributed by atoms with E-state index in [1.807, 2.05) is 73.1 Å². The van der Waals surface area contributed by atoms with Gasteiger partial charge in [0.2, 0.25) is 5.91 Å². The zero-order valence-corrected chi connectivity index (χ0v) is 18.5. The number of aryl methyl sites for hydroxylation is 2. The molecule has 0 saturated carbocycles. The van der Waals surface area contributed by atoms with Crippen LogP contribution in [0, 0.1) is 13.8 Å². The fourth-order valence-corrected chi connectivity index (χ4v) is 4.35. The third kappa shape index (κ3) is 4.89. The number of benzene rings is 2. The molecule has 0 aliphatic carbocycles. The summed E-state index contributed by atoms with van der Waals surface area (Å²) in [5.41, 5.74) is 10.9. The maximum absolute atomic E-state index is 13.0. The Morgan fingerprint density at radius 2 is 1.91 bits per heavy atom. The molecule has 1 atom stereocenters. The number of para-hydroxylation sites is 1. The van der Waals surface area contributed by atoms with Gasteiger partial charge in [-0.1, -0.05) is 30.3 Å². The third-order valence-corrected chi connectivity index (χ3v) is 5.96. The molecule has 0 spiro atoms. The van der Waals surface area contributed by atoms with Crippen LogP contribution in [0.15, 0.2) is 54.6 Å². The van der Waals surface area contributed by atoms with Crippen molar-refractivity contribution < 1.29 is 9.59 Å². The Kier molecular flexibility index (Phi) is 6.37. The first-order valence-electron chi connectivity index (χ1n) is 10.9. The predicted molar refractivity (Wildman–Crippen MR) is 124 cm³/mol. The second-order valence-electron chi connectivity index (χ2n) is 8.43. The van der Waals surface area contributed by atoms with Crippen LogP contribution in [0.25, 0.3) is 0 Å². The van der Waals surface area contributed by atoms with Crippen molar-refractivity contribution in [3.8, 4) is 0 Å². The maximum atomic E-state index is 13.0. The van der Waals surface area contributed by atoms with Gasteiger partial charge in [0.25, 0.3) is 5.91 Å². The summed E-state index contributed by atoms with van der Waals surface area (Å²) in [4.78, 5) is 26.9. The van der Waals surface area contributed by atoms with Crippen LogP contribution in [0.4, 0.5) is 5.69 Å². The van der Waals surface area contributed by atoms with Gasteiger partial charge in [0.15, 0.2) is 0 Å². The SMILES string of the molecule is Cc1cc(C)n(Cc2cccc(C(=O)Nc3ccccc3CN3CCCC3C(N)=O)c2)n1. The fourth-order valence-electron chi connectivity index (χ4n) is 4.35. The zero-order valence-electron chi connectivity index (χ0n) is 18.5. The molecule has 32 heavy (non-hydrogen) atoms. The van der Waals surface area contributed by atoms with Crippen LogP contribution in [0.2, 0.25) is 0 Å². The second kappa shape index (κ2) is 9.36. The van der Waals surface area contributed by atoms with E-state index in [0.717, 1.165) is 47.6 Å². The van der Waals surface area contributed by atoms with E-state index in [9.17, 15) is 9.59 Å². The molecule has 2 aromatic carbocycles. The van der Waals surface area contributed by atoms with Crippen molar-refractivity contribution in [2.24, 2.45) is 5.73 Å². The van der Waals surface area contributed by atoms with Crippen LogP contribution < -0.4 is 11.1 Å². The first kappa shape index (κ1) is 21.8.